The van der Waals surface area contributed by atoms with Crippen LogP contribution < -0.4 is 5.73 Å². The van der Waals surface area contributed by atoms with E-state index in [1.807, 2.05) is 0 Å². The molecular formula is C11H14N2O3. The van der Waals surface area contributed by atoms with E-state index >= 15 is 0 Å². The molecule has 0 aliphatic carbocycles. The minimum atomic E-state index is -0.400. The molecular weight excluding hydrogens is 208 g/mol. The van der Waals surface area contributed by atoms with E-state index in [4.69, 9.17) is 5.73 Å². The lowest BCUT2D eigenvalue weighted by Crippen LogP contribution is -2.10. The zero-order chi connectivity index (χ0) is 12.1. The Morgan fingerprint density at radius 2 is 2.19 bits per heavy atom. The normalized spacial score (nSPS) is 10.1. The van der Waals surface area contributed by atoms with Crippen molar-refractivity contribution in [1.29, 1.82) is 0 Å². The summed E-state index contributed by atoms with van der Waals surface area (Å²) in [5, 5.41) is 10.6. The highest BCUT2D eigenvalue weighted by Crippen LogP contribution is 2.19. The third-order valence-corrected chi connectivity index (χ3v) is 2.35. The summed E-state index contributed by atoms with van der Waals surface area (Å²) in [6, 6.07) is 4.99. The summed E-state index contributed by atoms with van der Waals surface area (Å²) in [6.45, 7) is 1.70. The van der Waals surface area contributed by atoms with Crippen LogP contribution in [0.25, 0.3) is 0 Å². The van der Waals surface area contributed by atoms with Gasteiger partial charge in [-0.3, -0.25) is 14.9 Å². The maximum absolute atomic E-state index is 10.6. The molecule has 0 aliphatic rings. The predicted molar refractivity (Wildman–Crippen MR) is 60.0 cm³/mol. The van der Waals surface area contributed by atoms with E-state index in [1.165, 1.54) is 6.07 Å². The molecule has 5 nitrogen and oxygen atoms in total. The largest absolute Gasteiger partial charge is 0.370 e. The Morgan fingerprint density at radius 3 is 2.69 bits per heavy atom. The predicted octanol–water partition coefficient (Wildman–Crippen LogP) is 1.71. The molecule has 0 heterocycles. The van der Waals surface area contributed by atoms with E-state index in [-0.39, 0.29) is 11.6 Å². The third kappa shape index (κ3) is 3.34. The molecule has 0 spiro atoms. The van der Waals surface area contributed by atoms with E-state index in [0.717, 1.165) is 5.56 Å². The minimum Gasteiger partial charge on any atom is -0.370 e. The highest BCUT2D eigenvalue weighted by atomic mass is 16.6. The lowest BCUT2D eigenvalue weighted by molar-refractivity contribution is -0.385. The molecule has 5 heteroatoms. The second-order valence-corrected chi connectivity index (χ2v) is 3.70. The zero-order valence-electron chi connectivity index (χ0n) is 9.10. The smallest absolute Gasteiger partial charge is 0.272 e. The Kier molecular flexibility index (Phi) is 3.99. The number of benzene rings is 1. The summed E-state index contributed by atoms with van der Waals surface area (Å²) in [6.07, 6.45) is 1.73. The number of nitro benzene ring substituents is 1. The molecule has 0 aliphatic heterocycles. The number of rotatable bonds is 5. The Bertz CT molecular complexity index is 416. The van der Waals surface area contributed by atoms with Crippen molar-refractivity contribution in [2.75, 3.05) is 0 Å². The van der Waals surface area contributed by atoms with E-state index in [1.54, 1.807) is 19.1 Å². The first-order chi connectivity index (χ1) is 7.50. The molecule has 0 atom stereocenters. The van der Waals surface area contributed by atoms with Crippen molar-refractivity contribution in [3.8, 4) is 0 Å². The molecule has 0 fully saturated rings. The van der Waals surface area contributed by atoms with Crippen molar-refractivity contribution in [2.45, 2.75) is 26.2 Å². The summed E-state index contributed by atoms with van der Waals surface area (Å²) < 4.78 is 0. The van der Waals surface area contributed by atoms with Crippen LogP contribution in [0.3, 0.4) is 0 Å². The molecule has 0 saturated carbocycles. The van der Waals surface area contributed by atoms with Crippen molar-refractivity contribution >= 4 is 11.6 Å². The van der Waals surface area contributed by atoms with Gasteiger partial charge in [0.25, 0.3) is 5.69 Å². The Balaban J connectivity index is 2.66. The summed E-state index contributed by atoms with van der Waals surface area (Å²) in [7, 11) is 0. The number of hydrogen-bond donors (Lipinski definition) is 1. The van der Waals surface area contributed by atoms with E-state index in [9.17, 15) is 14.9 Å². The number of nitrogens with two attached hydrogens (primary N) is 1. The van der Waals surface area contributed by atoms with Crippen molar-refractivity contribution < 1.29 is 9.72 Å². The number of nitrogens with zero attached hydrogens (tertiary/aromatic N) is 1. The van der Waals surface area contributed by atoms with Gasteiger partial charge in [-0.2, -0.15) is 0 Å². The van der Waals surface area contributed by atoms with Gasteiger partial charge in [0.05, 0.1) is 4.92 Å². The molecule has 86 valence electrons. The van der Waals surface area contributed by atoms with Gasteiger partial charge in [-0.1, -0.05) is 6.07 Å². The summed E-state index contributed by atoms with van der Waals surface area (Å²) >= 11 is 0. The Labute approximate surface area is 93.4 Å². The molecule has 2 N–H and O–H groups in total. The topological polar surface area (TPSA) is 86.2 Å². The van der Waals surface area contributed by atoms with Gasteiger partial charge in [0.15, 0.2) is 0 Å². The quantitative estimate of drug-likeness (QED) is 0.607. The fourth-order valence-electron chi connectivity index (χ4n) is 1.54. The van der Waals surface area contributed by atoms with Crippen molar-refractivity contribution in [3.63, 3.8) is 0 Å². The van der Waals surface area contributed by atoms with Crippen LogP contribution in [-0.4, -0.2) is 10.8 Å². The molecule has 0 unspecified atom stereocenters. The molecule has 1 amide bonds. The maximum Gasteiger partial charge on any atom is 0.272 e. The van der Waals surface area contributed by atoms with Crippen molar-refractivity contribution in [3.05, 3.63) is 39.4 Å². The standard InChI is InChI=1S/C11H14N2O3/c1-8-7-9(3-2-4-11(12)14)5-6-10(8)13(15)16/h5-7H,2-4H2,1H3,(H2,12,14). The fourth-order valence-corrected chi connectivity index (χ4v) is 1.54. The van der Waals surface area contributed by atoms with Gasteiger partial charge in [0.1, 0.15) is 0 Å². The number of amides is 1. The Morgan fingerprint density at radius 1 is 1.50 bits per heavy atom. The van der Waals surface area contributed by atoms with Crippen molar-refractivity contribution in [1.82, 2.24) is 0 Å². The first-order valence-electron chi connectivity index (χ1n) is 5.03. The SMILES string of the molecule is Cc1cc(CCCC(N)=O)ccc1[N+](=O)[O-]. The first-order valence-corrected chi connectivity index (χ1v) is 5.03. The monoisotopic (exact) mass is 222 g/mol. The van der Waals surface area contributed by atoms with Gasteiger partial charge in [-0.05, 0) is 31.4 Å². The Hall–Kier alpha value is -1.91. The lowest BCUT2D eigenvalue weighted by atomic mass is 10.0. The van der Waals surface area contributed by atoms with Gasteiger partial charge in [-0.25, -0.2) is 0 Å². The van der Waals surface area contributed by atoms with Crippen LogP contribution in [0.4, 0.5) is 5.69 Å². The second kappa shape index (κ2) is 5.25. The van der Waals surface area contributed by atoms with Gasteiger partial charge in [0.2, 0.25) is 5.91 Å². The van der Waals surface area contributed by atoms with Crippen LogP contribution in [0, 0.1) is 17.0 Å². The molecule has 1 rings (SSSR count). The molecule has 0 bridgehead atoms. The number of nitro groups is 1. The third-order valence-electron chi connectivity index (χ3n) is 2.35. The molecule has 0 saturated heterocycles. The minimum absolute atomic E-state index is 0.124. The number of primary amides is 1. The van der Waals surface area contributed by atoms with Gasteiger partial charge in [-0.15, -0.1) is 0 Å². The van der Waals surface area contributed by atoms with Crippen LogP contribution in [0.15, 0.2) is 18.2 Å². The average molecular weight is 222 g/mol. The molecule has 1 aromatic rings. The summed E-state index contributed by atoms with van der Waals surface area (Å²) in [5.41, 5.74) is 6.78. The summed E-state index contributed by atoms with van der Waals surface area (Å²) in [5.74, 6) is -0.321. The molecule has 16 heavy (non-hydrogen) atoms. The second-order valence-electron chi connectivity index (χ2n) is 3.70. The van der Waals surface area contributed by atoms with Crippen molar-refractivity contribution in [2.24, 2.45) is 5.73 Å². The van der Waals surface area contributed by atoms with Crippen LogP contribution in [0.5, 0.6) is 0 Å². The summed E-state index contributed by atoms with van der Waals surface area (Å²) in [4.78, 5) is 20.7. The zero-order valence-corrected chi connectivity index (χ0v) is 9.10. The van der Waals surface area contributed by atoms with E-state index < -0.39 is 4.92 Å². The average Bonchev–Trinajstić information content (AvgIpc) is 2.16. The number of carbonyl (C=O) groups excluding carboxylic acids is 1. The van der Waals surface area contributed by atoms with E-state index in [0.29, 0.717) is 24.8 Å². The van der Waals surface area contributed by atoms with E-state index in [2.05, 4.69) is 0 Å². The molecule has 0 radical (unpaired) electrons. The molecule has 0 aromatic heterocycles. The fraction of sp³-hybridized carbons (Fsp3) is 0.364. The van der Waals surface area contributed by atoms with Crippen LogP contribution in [0.2, 0.25) is 0 Å². The van der Waals surface area contributed by atoms with Crippen LogP contribution in [-0.2, 0) is 11.2 Å². The lowest BCUT2D eigenvalue weighted by Gasteiger charge is -2.02. The maximum atomic E-state index is 10.6. The highest BCUT2D eigenvalue weighted by molar-refractivity contribution is 5.73. The first kappa shape index (κ1) is 12.2. The van der Waals surface area contributed by atoms with Crippen LogP contribution in [0.1, 0.15) is 24.0 Å². The van der Waals surface area contributed by atoms with Gasteiger partial charge >= 0.3 is 0 Å². The van der Waals surface area contributed by atoms with Gasteiger partial charge < -0.3 is 5.73 Å². The number of hydrogen-bond acceptors (Lipinski definition) is 3. The van der Waals surface area contributed by atoms with Crippen LogP contribution >= 0.6 is 0 Å². The van der Waals surface area contributed by atoms with Gasteiger partial charge in [0, 0.05) is 18.1 Å². The number of carbonyl (C=O) groups is 1. The highest BCUT2D eigenvalue weighted by Gasteiger charge is 2.09. The molecule has 1 aromatic carbocycles. The number of aryl methyl sites for hydroxylation is 2.